The molecule has 0 saturated carbocycles. The van der Waals surface area contributed by atoms with Crippen molar-refractivity contribution in [2.75, 3.05) is 18.1 Å². The zero-order chi connectivity index (χ0) is 15.6. The molecule has 5 nitrogen and oxygen atoms in total. The number of hydrogen-bond donors (Lipinski definition) is 1. The maximum atomic E-state index is 11.6. The van der Waals surface area contributed by atoms with Crippen LogP contribution in [0.25, 0.3) is 0 Å². The third-order valence-corrected chi connectivity index (χ3v) is 5.73. The molecule has 1 aliphatic heterocycles. The molecule has 1 aromatic rings. The van der Waals surface area contributed by atoms with Gasteiger partial charge in [-0.1, -0.05) is 13.8 Å². The van der Waals surface area contributed by atoms with Crippen molar-refractivity contribution in [3.05, 3.63) is 23.2 Å². The fraction of sp³-hybridized carbons (Fsp3) is 0.733. The predicted octanol–water partition coefficient (Wildman–Crippen LogP) is 1.70. The van der Waals surface area contributed by atoms with Crippen LogP contribution in [0.4, 0.5) is 0 Å². The van der Waals surface area contributed by atoms with Crippen LogP contribution in [0.1, 0.15) is 37.9 Å². The van der Waals surface area contributed by atoms with Crippen molar-refractivity contribution in [1.29, 1.82) is 0 Å². The molecule has 21 heavy (non-hydrogen) atoms. The fourth-order valence-electron chi connectivity index (χ4n) is 2.62. The van der Waals surface area contributed by atoms with E-state index in [0.717, 1.165) is 18.1 Å². The Morgan fingerprint density at radius 1 is 1.48 bits per heavy atom. The minimum Gasteiger partial charge on any atom is -0.465 e. The van der Waals surface area contributed by atoms with Crippen molar-refractivity contribution in [3.63, 3.8) is 0 Å². The molecular weight excluding hydrogens is 288 g/mol. The first-order valence-corrected chi connectivity index (χ1v) is 9.35. The summed E-state index contributed by atoms with van der Waals surface area (Å²) in [5.41, 5.74) is 1.18. The summed E-state index contributed by atoms with van der Waals surface area (Å²) in [5.74, 6) is 2.35. The third kappa shape index (κ3) is 4.56. The molecule has 1 N–H and O–H groups in total. The monoisotopic (exact) mass is 314 g/mol. The maximum absolute atomic E-state index is 11.6. The average molecular weight is 314 g/mol. The molecule has 0 aliphatic carbocycles. The van der Waals surface area contributed by atoms with Crippen LogP contribution < -0.4 is 5.32 Å². The van der Waals surface area contributed by atoms with E-state index in [1.165, 1.54) is 5.56 Å². The second-order valence-electron chi connectivity index (χ2n) is 6.26. The Hall–Kier alpha value is -0.850. The molecule has 1 fully saturated rings. The first-order chi connectivity index (χ1) is 9.77. The Balaban J connectivity index is 1.99. The minimum absolute atomic E-state index is 0.0476. The van der Waals surface area contributed by atoms with Crippen LogP contribution in [-0.2, 0) is 22.9 Å². The quantitative estimate of drug-likeness (QED) is 0.896. The number of furan rings is 1. The van der Waals surface area contributed by atoms with Gasteiger partial charge in [0.15, 0.2) is 9.84 Å². The molecule has 0 bridgehead atoms. The molecule has 2 heterocycles. The van der Waals surface area contributed by atoms with Gasteiger partial charge in [0.25, 0.3) is 0 Å². The maximum Gasteiger partial charge on any atom is 0.153 e. The van der Waals surface area contributed by atoms with Gasteiger partial charge >= 0.3 is 0 Å². The normalized spacial score (nSPS) is 22.8. The molecule has 0 amide bonds. The van der Waals surface area contributed by atoms with Crippen LogP contribution in [0.3, 0.4) is 0 Å². The van der Waals surface area contributed by atoms with E-state index in [0.29, 0.717) is 19.1 Å². The van der Waals surface area contributed by atoms with E-state index in [4.69, 9.17) is 4.42 Å². The zero-order valence-electron chi connectivity index (χ0n) is 13.3. The molecule has 1 saturated heterocycles. The van der Waals surface area contributed by atoms with Gasteiger partial charge in [0.2, 0.25) is 0 Å². The van der Waals surface area contributed by atoms with Crippen molar-refractivity contribution in [3.8, 4) is 0 Å². The van der Waals surface area contributed by atoms with Gasteiger partial charge in [0.1, 0.15) is 11.5 Å². The summed E-state index contributed by atoms with van der Waals surface area (Å²) in [6.45, 7) is 10.2. The SMILES string of the molecule is Cc1oc(CN2CCS(=O)(=O)CC2C)cc1CNC(C)C. The van der Waals surface area contributed by atoms with Gasteiger partial charge in [-0.25, -0.2) is 8.42 Å². The molecule has 0 spiro atoms. The highest BCUT2D eigenvalue weighted by Gasteiger charge is 2.28. The minimum atomic E-state index is -2.86. The molecule has 120 valence electrons. The lowest BCUT2D eigenvalue weighted by Crippen LogP contribution is -2.46. The molecule has 1 unspecified atom stereocenters. The Kier molecular flexibility index (Phi) is 5.11. The number of sulfone groups is 1. The van der Waals surface area contributed by atoms with Crippen molar-refractivity contribution < 1.29 is 12.8 Å². The second kappa shape index (κ2) is 6.50. The van der Waals surface area contributed by atoms with Crippen LogP contribution in [0.2, 0.25) is 0 Å². The number of hydrogen-bond acceptors (Lipinski definition) is 5. The summed E-state index contributed by atoms with van der Waals surface area (Å²) in [7, 11) is -2.86. The zero-order valence-corrected chi connectivity index (χ0v) is 14.2. The summed E-state index contributed by atoms with van der Waals surface area (Å²) in [5, 5.41) is 3.39. The number of nitrogens with zero attached hydrogens (tertiary/aromatic N) is 1. The molecule has 2 rings (SSSR count). The lowest BCUT2D eigenvalue weighted by molar-refractivity contribution is 0.200. The first-order valence-electron chi connectivity index (χ1n) is 7.53. The van der Waals surface area contributed by atoms with Crippen LogP contribution >= 0.6 is 0 Å². The Morgan fingerprint density at radius 2 is 2.19 bits per heavy atom. The van der Waals surface area contributed by atoms with Gasteiger partial charge in [0.05, 0.1) is 18.1 Å². The topological polar surface area (TPSA) is 62.6 Å². The number of nitrogens with one attached hydrogen (secondary N) is 1. The van der Waals surface area contributed by atoms with E-state index >= 15 is 0 Å². The van der Waals surface area contributed by atoms with Crippen molar-refractivity contribution >= 4 is 9.84 Å². The van der Waals surface area contributed by atoms with Crippen LogP contribution in [-0.4, -0.2) is 43.5 Å². The van der Waals surface area contributed by atoms with Gasteiger partial charge < -0.3 is 9.73 Å². The van der Waals surface area contributed by atoms with Gasteiger partial charge in [-0.15, -0.1) is 0 Å². The van der Waals surface area contributed by atoms with Gasteiger partial charge in [-0.3, -0.25) is 4.90 Å². The van der Waals surface area contributed by atoms with Gasteiger partial charge in [0, 0.05) is 30.7 Å². The fourth-order valence-corrected chi connectivity index (χ4v) is 4.25. The van der Waals surface area contributed by atoms with Crippen LogP contribution in [0.5, 0.6) is 0 Å². The van der Waals surface area contributed by atoms with E-state index < -0.39 is 9.84 Å². The van der Waals surface area contributed by atoms with E-state index in [9.17, 15) is 8.42 Å². The van der Waals surface area contributed by atoms with E-state index in [1.54, 1.807) is 0 Å². The molecule has 1 aromatic heterocycles. The summed E-state index contributed by atoms with van der Waals surface area (Å²) >= 11 is 0. The third-order valence-electron chi connectivity index (χ3n) is 3.94. The molecule has 1 aliphatic rings. The summed E-state index contributed by atoms with van der Waals surface area (Å²) in [4.78, 5) is 2.18. The van der Waals surface area contributed by atoms with Crippen LogP contribution in [0, 0.1) is 6.92 Å². The van der Waals surface area contributed by atoms with Crippen LogP contribution in [0.15, 0.2) is 10.5 Å². The Morgan fingerprint density at radius 3 is 2.81 bits per heavy atom. The number of rotatable bonds is 5. The Labute approximate surface area is 127 Å². The molecule has 0 aromatic carbocycles. The molecule has 6 heteroatoms. The van der Waals surface area contributed by atoms with Gasteiger partial charge in [-0.2, -0.15) is 0 Å². The lowest BCUT2D eigenvalue weighted by atomic mass is 10.2. The van der Waals surface area contributed by atoms with Crippen molar-refractivity contribution in [2.24, 2.45) is 0 Å². The average Bonchev–Trinajstić information content (AvgIpc) is 2.70. The molecule has 1 atom stereocenters. The smallest absolute Gasteiger partial charge is 0.153 e. The lowest BCUT2D eigenvalue weighted by Gasteiger charge is -2.32. The second-order valence-corrected chi connectivity index (χ2v) is 8.49. The Bertz CT molecular complexity index is 578. The molecular formula is C15H26N2O3S. The molecule has 0 radical (unpaired) electrons. The highest BCUT2D eigenvalue weighted by Crippen LogP contribution is 2.20. The van der Waals surface area contributed by atoms with Crippen molar-refractivity contribution in [1.82, 2.24) is 10.2 Å². The van der Waals surface area contributed by atoms with E-state index in [1.807, 2.05) is 13.8 Å². The largest absolute Gasteiger partial charge is 0.465 e. The first kappa shape index (κ1) is 16.5. The summed E-state index contributed by atoms with van der Waals surface area (Å²) < 4.78 is 29.0. The summed E-state index contributed by atoms with van der Waals surface area (Å²) in [6.07, 6.45) is 0. The van der Waals surface area contributed by atoms with E-state index in [2.05, 4.69) is 30.1 Å². The van der Waals surface area contributed by atoms with E-state index in [-0.39, 0.29) is 17.5 Å². The number of aryl methyl sites for hydroxylation is 1. The predicted molar refractivity (Wildman–Crippen MR) is 83.9 cm³/mol. The van der Waals surface area contributed by atoms with Gasteiger partial charge in [-0.05, 0) is 19.9 Å². The standard InChI is InChI=1S/C15H26N2O3S/c1-11(2)16-8-14-7-15(20-13(14)4)9-17-5-6-21(18,19)10-12(17)3/h7,11-12,16H,5-6,8-10H2,1-4H3. The highest BCUT2D eigenvalue weighted by molar-refractivity contribution is 7.91. The summed E-state index contributed by atoms with van der Waals surface area (Å²) in [6, 6.07) is 2.57. The van der Waals surface area contributed by atoms with Crippen molar-refractivity contribution in [2.45, 2.75) is 52.9 Å². The highest BCUT2D eigenvalue weighted by atomic mass is 32.2.